The van der Waals surface area contributed by atoms with Gasteiger partial charge < -0.3 is 20.1 Å². The number of nitrogens with one attached hydrogen (secondary N) is 3. The van der Waals surface area contributed by atoms with E-state index in [2.05, 4.69) is 20.9 Å². The lowest BCUT2D eigenvalue weighted by Crippen LogP contribution is -2.36. The third kappa shape index (κ3) is 6.55. The zero-order valence-corrected chi connectivity index (χ0v) is 18.0. The molecule has 2 aromatic rings. The van der Waals surface area contributed by atoms with E-state index < -0.39 is 0 Å². The minimum atomic E-state index is -0.335. The Bertz CT molecular complexity index is 951. The SMILES string of the molecule is COc1ccc(NC(=NCC2CCCO2)NC(=O)c2ccc(C)c(NC(C)=O)c2)cc1. The number of nitrogens with zero attached hydrogens (tertiary/aromatic N) is 1. The maximum atomic E-state index is 12.9. The van der Waals surface area contributed by atoms with Gasteiger partial charge in [0.25, 0.3) is 5.91 Å². The van der Waals surface area contributed by atoms with E-state index in [1.807, 2.05) is 31.2 Å². The largest absolute Gasteiger partial charge is 0.497 e. The van der Waals surface area contributed by atoms with E-state index in [0.717, 1.165) is 36.4 Å². The number of rotatable bonds is 6. The van der Waals surface area contributed by atoms with Crippen molar-refractivity contribution in [2.24, 2.45) is 4.99 Å². The Hall–Kier alpha value is -3.39. The number of aliphatic imine (C=N–C) groups is 1. The molecule has 1 unspecified atom stereocenters. The van der Waals surface area contributed by atoms with Crippen LogP contribution < -0.4 is 20.7 Å². The van der Waals surface area contributed by atoms with E-state index >= 15 is 0 Å². The summed E-state index contributed by atoms with van der Waals surface area (Å²) >= 11 is 0. The number of carbonyl (C=O) groups is 2. The molecule has 0 radical (unpaired) electrons. The van der Waals surface area contributed by atoms with Crippen LogP contribution in [-0.2, 0) is 9.53 Å². The molecule has 2 amide bonds. The van der Waals surface area contributed by atoms with Gasteiger partial charge in [-0.25, -0.2) is 4.99 Å². The van der Waals surface area contributed by atoms with Crippen molar-refractivity contribution in [3.63, 3.8) is 0 Å². The first kappa shape index (κ1) is 22.3. The molecule has 1 heterocycles. The summed E-state index contributed by atoms with van der Waals surface area (Å²) in [6.45, 7) is 4.49. The summed E-state index contributed by atoms with van der Waals surface area (Å²) in [5.74, 6) is 0.532. The minimum absolute atomic E-state index is 0.0512. The molecule has 1 fully saturated rings. The average Bonchev–Trinajstić information content (AvgIpc) is 3.27. The predicted octanol–water partition coefficient (Wildman–Crippen LogP) is 3.34. The van der Waals surface area contributed by atoms with Gasteiger partial charge in [-0.2, -0.15) is 0 Å². The maximum absolute atomic E-state index is 12.9. The summed E-state index contributed by atoms with van der Waals surface area (Å²) in [4.78, 5) is 28.9. The highest BCUT2D eigenvalue weighted by Crippen LogP contribution is 2.18. The van der Waals surface area contributed by atoms with Crippen LogP contribution in [0.5, 0.6) is 5.75 Å². The van der Waals surface area contributed by atoms with Gasteiger partial charge in [-0.1, -0.05) is 6.07 Å². The Kier molecular flexibility index (Phi) is 7.61. The quantitative estimate of drug-likeness (QED) is 0.488. The molecule has 8 heteroatoms. The lowest BCUT2D eigenvalue weighted by atomic mass is 10.1. The molecule has 0 saturated carbocycles. The van der Waals surface area contributed by atoms with Gasteiger partial charge in [-0.05, 0) is 61.7 Å². The first-order valence-corrected chi connectivity index (χ1v) is 10.2. The number of ether oxygens (including phenoxy) is 2. The highest BCUT2D eigenvalue weighted by molar-refractivity contribution is 6.10. The van der Waals surface area contributed by atoms with Gasteiger partial charge in [0.15, 0.2) is 0 Å². The molecular formula is C23H28N4O4. The molecule has 2 aromatic carbocycles. The predicted molar refractivity (Wildman–Crippen MR) is 121 cm³/mol. The Morgan fingerprint density at radius 2 is 1.94 bits per heavy atom. The number of hydrogen-bond donors (Lipinski definition) is 3. The minimum Gasteiger partial charge on any atom is -0.497 e. The standard InChI is InChI=1S/C23H28N4O4/c1-15-6-7-17(13-21(15)25-16(2)28)22(29)27-23(24-14-20-5-4-12-31-20)26-18-8-10-19(30-3)11-9-18/h6-11,13,20H,4-5,12,14H2,1-3H3,(H,25,28)(H2,24,26,27,29). The van der Waals surface area contributed by atoms with Gasteiger partial charge >= 0.3 is 0 Å². The highest BCUT2D eigenvalue weighted by atomic mass is 16.5. The van der Waals surface area contributed by atoms with E-state index in [1.165, 1.54) is 6.92 Å². The molecule has 1 saturated heterocycles. The van der Waals surface area contributed by atoms with Crippen LogP contribution in [0, 0.1) is 6.92 Å². The van der Waals surface area contributed by atoms with Crippen molar-refractivity contribution < 1.29 is 19.1 Å². The second kappa shape index (κ2) is 10.6. The number of anilines is 2. The van der Waals surface area contributed by atoms with Crippen molar-refractivity contribution >= 4 is 29.1 Å². The third-order valence-corrected chi connectivity index (χ3v) is 4.87. The van der Waals surface area contributed by atoms with Crippen molar-refractivity contribution in [2.45, 2.75) is 32.8 Å². The van der Waals surface area contributed by atoms with Gasteiger partial charge in [-0.15, -0.1) is 0 Å². The molecule has 31 heavy (non-hydrogen) atoms. The number of benzene rings is 2. The Morgan fingerprint density at radius 3 is 2.58 bits per heavy atom. The fourth-order valence-corrected chi connectivity index (χ4v) is 3.17. The number of hydrogen-bond acceptors (Lipinski definition) is 5. The summed E-state index contributed by atoms with van der Waals surface area (Å²) < 4.78 is 10.8. The van der Waals surface area contributed by atoms with Crippen LogP contribution in [0.4, 0.5) is 11.4 Å². The van der Waals surface area contributed by atoms with Crippen molar-refractivity contribution in [1.82, 2.24) is 5.32 Å². The highest BCUT2D eigenvalue weighted by Gasteiger charge is 2.16. The van der Waals surface area contributed by atoms with Crippen LogP contribution in [0.2, 0.25) is 0 Å². The summed E-state index contributed by atoms with van der Waals surface area (Å²) in [6, 6.07) is 12.5. The zero-order valence-electron chi connectivity index (χ0n) is 18.0. The Morgan fingerprint density at radius 1 is 1.16 bits per heavy atom. The van der Waals surface area contributed by atoms with E-state index in [0.29, 0.717) is 23.8 Å². The van der Waals surface area contributed by atoms with Crippen molar-refractivity contribution in [3.05, 3.63) is 53.6 Å². The second-order valence-electron chi connectivity index (χ2n) is 7.34. The molecule has 1 atom stereocenters. The fourth-order valence-electron chi connectivity index (χ4n) is 3.17. The summed E-state index contributed by atoms with van der Waals surface area (Å²) in [6.07, 6.45) is 2.02. The molecule has 8 nitrogen and oxygen atoms in total. The number of carbonyl (C=O) groups excluding carboxylic acids is 2. The van der Waals surface area contributed by atoms with E-state index in [1.54, 1.807) is 25.3 Å². The lowest BCUT2D eigenvalue weighted by molar-refractivity contribution is -0.114. The number of guanidine groups is 1. The molecular weight excluding hydrogens is 396 g/mol. The third-order valence-electron chi connectivity index (χ3n) is 4.87. The van der Waals surface area contributed by atoms with E-state index in [4.69, 9.17) is 9.47 Å². The smallest absolute Gasteiger partial charge is 0.258 e. The van der Waals surface area contributed by atoms with Gasteiger partial charge in [-0.3, -0.25) is 14.9 Å². The summed E-state index contributed by atoms with van der Waals surface area (Å²) in [5.41, 5.74) is 2.64. The second-order valence-corrected chi connectivity index (χ2v) is 7.34. The van der Waals surface area contributed by atoms with Crippen LogP contribution in [0.3, 0.4) is 0 Å². The molecule has 3 N–H and O–H groups in total. The molecule has 1 aliphatic rings. The topological polar surface area (TPSA) is 101 Å². The molecule has 0 spiro atoms. The van der Waals surface area contributed by atoms with Crippen LogP contribution in [0.15, 0.2) is 47.5 Å². The van der Waals surface area contributed by atoms with Gasteiger partial charge in [0.2, 0.25) is 11.9 Å². The fraction of sp³-hybridized carbons (Fsp3) is 0.348. The molecule has 0 aliphatic carbocycles. The Labute approximate surface area is 182 Å². The van der Waals surface area contributed by atoms with Crippen LogP contribution in [0.25, 0.3) is 0 Å². The van der Waals surface area contributed by atoms with Crippen molar-refractivity contribution in [3.8, 4) is 5.75 Å². The average molecular weight is 425 g/mol. The maximum Gasteiger partial charge on any atom is 0.258 e. The summed E-state index contributed by atoms with van der Waals surface area (Å²) in [7, 11) is 1.61. The van der Waals surface area contributed by atoms with Gasteiger partial charge in [0.1, 0.15) is 5.75 Å². The Balaban J connectivity index is 1.77. The molecule has 3 rings (SSSR count). The molecule has 1 aliphatic heterocycles. The van der Waals surface area contributed by atoms with Crippen LogP contribution >= 0.6 is 0 Å². The van der Waals surface area contributed by atoms with Crippen LogP contribution in [0.1, 0.15) is 35.7 Å². The van der Waals surface area contributed by atoms with E-state index in [-0.39, 0.29) is 17.9 Å². The normalized spacial score (nSPS) is 16.0. The molecule has 0 bridgehead atoms. The molecule has 164 valence electrons. The van der Waals surface area contributed by atoms with Crippen molar-refractivity contribution in [2.75, 3.05) is 30.9 Å². The zero-order chi connectivity index (χ0) is 22.2. The molecule has 0 aromatic heterocycles. The van der Waals surface area contributed by atoms with Gasteiger partial charge in [0.05, 0.1) is 19.8 Å². The van der Waals surface area contributed by atoms with E-state index in [9.17, 15) is 9.59 Å². The lowest BCUT2D eigenvalue weighted by Gasteiger charge is -2.14. The van der Waals surface area contributed by atoms with Crippen molar-refractivity contribution in [1.29, 1.82) is 0 Å². The summed E-state index contributed by atoms with van der Waals surface area (Å²) in [5, 5.41) is 8.73. The van der Waals surface area contributed by atoms with Gasteiger partial charge in [0, 0.05) is 30.5 Å². The number of methoxy groups -OCH3 is 1. The van der Waals surface area contributed by atoms with Crippen LogP contribution in [-0.4, -0.2) is 44.1 Å². The number of amides is 2. The number of aryl methyl sites for hydroxylation is 1. The monoisotopic (exact) mass is 424 g/mol. The first-order chi connectivity index (χ1) is 14.9. The first-order valence-electron chi connectivity index (χ1n) is 10.2.